The predicted octanol–water partition coefficient (Wildman–Crippen LogP) is 3.54. The summed E-state index contributed by atoms with van der Waals surface area (Å²) in [5, 5.41) is 7.55. The summed E-state index contributed by atoms with van der Waals surface area (Å²) in [7, 11) is 0. The maximum Gasteiger partial charge on any atom is 0.471 e. The fraction of sp³-hybridized carbons (Fsp3) is 0.375. The molecule has 0 aliphatic heterocycles. The molecule has 144 valence electrons. The SMILES string of the molecule is CCN(CC)C(=O)c1cnn(Cc2ccc(-c3noc(C(F)(F)F)n3)s2)c1. The highest BCUT2D eigenvalue weighted by Gasteiger charge is 2.38. The van der Waals surface area contributed by atoms with Crippen LogP contribution in [0.1, 0.15) is 35.0 Å². The van der Waals surface area contributed by atoms with E-state index in [4.69, 9.17) is 0 Å². The van der Waals surface area contributed by atoms with Gasteiger partial charge in [-0.05, 0) is 26.0 Å². The first-order chi connectivity index (χ1) is 12.8. The minimum absolute atomic E-state index is 0.0930. The van der Waals surface area contributed by atoms with Crippen LogP contribution in [-0.4, -0.2) is 43.8 Å². The van der Waals surface area contributed by atoms with Gasteiger partial charge < -0.3 is 9.42 Å². The van der Waals surface area contributed by atoms with Crippen molar-refractivity contribution < 1.29 is 22.5 Å². The maximum atomic E-state index is 12.5. The van der Waals surface area contributed by atoms with Gasteiger partial charge in [0.15, 0.2) is 0 Å². The molecule has 0 aliphatic carbocycles. The van der Waals surface area contributed by atoms with Gasteiger partial charge in [0, 0.05) is 24.2 Å². The van der Waals surface area contributed by atoms with Crippen molar-refractivity contribution in [2.45, 2.75) is 26.6 Å². The van der Waals surface area contributed by atoms with Crippen molar-refractivity contribution in [2.24, 2.45) is 0 Å². The van der Waals surface area contributed by atoms with E-state index in [1.54, 1.807) is 27.9 Å². The number of amides is 1. The van der Waals surface area contributed by atoms with Crippen molar-refractivity contribution in [3.05, 3.63) is 40.9 Å². The summed E-state index contributed by atoms with van der Waals surface area (Å²) >= 11 is 1.23. The Balaban J connectivity index is 1.71. The van der Waals surface area contributed by atoms with Gasteiger partial charge in [0.1, 0.15) is 0 Å². The Kier molecular flexibility index (Phi) is 5.31. The van der Waals surface area contributed by atoms with Gasteiger partial charge in [-0.15, -0.1) is 11.3 Å². The normalized spacial score (nSPS) is 11.7. The molecule has 0 spiro atoms. The largest absolute Gasteiger partial charge is 0.471 e. The number of hydrogen-bond acceptors (Lipinski definition) is 6. The maximum absolute atomic E-state index is 12.5. The minimum Gasteiger partial charge on any atom is -0.339 e. The van der Waals surface area contributed by atoms with Gasteiger partial charge in [0.2, 0.25) is 5.82 Å². The number of thiophene rings is 1. The van der Waals surface area contributed by atoms with E-state index in [0.717, 1.165) is 4.88 Å². The lowest BCUT2D eigenvalue weighted by Gasteiger charge is -2.17. The molecule has 0 fully saturated rings. The van der Waals surface area contributed by atoms with Crippen LogP contribution in [0.3, 0.4) is 0 Å². The lowest BCUT2D eigenvalue weighted by atomic mass is 10.3. The number of rotatable bonds is 6. The number of halogens is 3. The molecule has 0 aromatic carbocycles. The number of alkyl halides is 3. The molecule has 0 radical (unpaired) electrons. The second-order valence-electron chi connectivity index (χ2n) is 5.59. The Morgan fingerprint density at radius 1 is 1.30 bits per heavy atom. The van der Waals surface area contributed by atoms with E-state index in [0.29, 0.717) is 30.1 Å². The highest BCUT2D eigenvalue weighted by atomic mass is 32.1. The molecule has 1 amide bonds. The average Bonchev–Trinajstić information content (AvgIpc) is 3.35. The molecule has 3 heterocycles. The van der Waals surface area contributed by atoms with Crippen LogP contribution in [0.4, 0.5) is 13.2 Å². The number of carbonyl (C=O) groups excluding carboxylic acids is 1. The fourth-order valence-corrected chi connectivity index (χ4v) is 3.36. The Morgan fingerprint density at radius 2 is 2.04 bits per heavy atom. The first kappa shape index (κ1) is 19.1. The Bertz CT molecular complexity index is 927. The standard InChI is InChI=1S/C16H16F3N5O2S/c1-3-23(4-2)14(25)10-7-20-24(8-10)9-11-5-6-12(27-11)13-21-15(26-22-13)16(17,18)19/h5-8H,3-4,9H2,1-2H3. The van der Waals surface area contributed by atoms with Gasteiger partial charge >= 0.3 is 12.1 Å². The molecule has 0 saturated carbocycles. The van der Waals surface area contributed by atoms with Crippen molar-refractivity contribution in [3.8, 4) is 10.7 Å². The average molecular weight is 399 g/mol. The molecule has 0 aliphatic rings. The van der Waals surface area contributed by atoms with Crippen LogP contribution in [0.2, 0.25) is 0 Å². The van der Waals surface area contributed by atoms with E-state index in [1.807, 2.05) is 13.8 Å². The van der Waals surface area contributed by atoms with Crippen LogP contribution in [0.15, 0.2) is 29.0 Å². The van der Waals surface area contributed by atoms with Crippen LogP contribution < -0.4 is 0 Å². The zero-order chi connectivity index (χ0) is 19.6. The predicted molar refractivity (Wildman–Crippen MR) is 91.2 cm³/mol. The summed E-state index contributed by atoms with van der Waals surface area (Å²) in [6.07, 6.45) is -1.52. The van der Waals surface area contributed by atoms with Crippen molar-refractivity contribution >= 4 is 17.2 Å². The first-order valence-corrected chi connectivity index (χ1v) is 8.95. The summed E-state index contributed by atoms with van der Waals surface area (Å²) < 4.78 is 43.5. The van der Waals surface area contributed by atoms with Gasteiger partial charge in [0.25, 0.3) is 5.91 Å². The first-order valence-electron chi connectivity index (χ1n) is 8.13. The van der Waals surface area contributed by atoms with Crippen molar-refractivity contribution in [1.29, 1.82) is 0 Å². The van der Waals surface area contributed by atoms with E-state index in [2.05, 4.69) is 19.8 Å². The van der Waals surface area contributed by atoms with Crippen LogP contribution >= 0.6 is 11.3 Å². The van der Waals surface area contributed by atoms with Crippen LogP contribution in [-0.2, 0) is 12.7 Å². The zero-order valence-corrected chi connectivity index (χ0v) is 15.3. The molecule has 0 N–H and O–H groups in total. The Labute approximate surface area is 156 Å². The Morgan fingerprint density at radius 3 is 2.67 bits per heavy atom. The molecule has 27 heavy (non-hydrogen) atoms. The van der Waals surface area contributed by atoms with Gasteiger partial charge in [-0.25, -0.2) is 0 Å². The second-order valence-corrected chi connectivity index (χ2v) is 6.76. The molecule has 0 atom stereocenters. The minimum atomic E-state index is -4.67. The lowest BCUT2D eigenvalue weighted by Crippen LogP contribution is -2.30. The van der Waals surface area contributed by atoms with Crippen LogP contribution in [0.25, 0.3) is 10.7 Å². The second kappa shape index (κ2) is 7.51. The zero-order valence-electron chi connectivity index (χ0n) is 14.5. The van der Waals surface area contributed by atoms with E-state index in [1.165, 1.54) is 17.5 Å². The molecule has 0 bridgehead atoms. The van der Waals surface area contributed by atoms with Gasteiger partial charge in [-0.3, -0.25) is 9.48 Å². The van der Waals surface area contributed by atoms with Crippen LogP contribution in [0.5, 0.6) is 0 Å². The third-order valence-electron chi connectivity index (χ3n) is 3.80. The number of hydrogen-bond donors (Lipinski definition) is 0. The van der Waals surface area contributed by atoms with Gasteiger partial charge in [-0.1, -0.05) is 5.16 Å². The molecule has 3 aromatic heterocycles. The molecular weight excluding hydrogens is 383 g/mol. The topological polar surface area (TPSA) is 77.0 Å². The van der Waals surface area contributed by atoms with E-state index in [-0.39, 0.29) is 11.7 Å². The summed E-state index contributed by atoms with van der Waals surface area (Å²) in [4.78, 5) is 18.6. The van der Waals surface area contributed by atoms with Gasteiger partial charge in [-0.2, -0.15) is 23.3 Å². The third-order valence-corrected chi connectivity index (χ3v) is 4.87. The van der Waals surface area contributed by atoms with E-state index < -0.39 is 12.1 Å². The summed E-state index contributed by atoms with van der Waals surface area (Å²) in [5.41, 5.74) is 0.489. The number of aromatic nitrogens is 4. The fourth-order valence-electron chi connectivity index (χ4n) is 2.44. The van der Waals surface area contributed by atoms with Gasteiger partial charge in [0.05, 0.1) is 23.2 Å². The molecule has 0 unspecified atom stereocenters. The van der Waals surface area contributed by atoms with Crippen molar-refractivity contribution in [2.75, 3.05) is 13.1 Å². The van der Waals surface area contributed by atoms with E-state index >= 15 is 0 Å². The molecule has 11 heteroatoms. The van der Waals surface area contributed by atoms with Crippen LogP contribution in [0, 0.1) is 0 Å². The molecule has 7 nitrogen and oxygen atoms in total. The highest BCUT2D eigenvalue weighted by Crippen LogP contribution is 2.31. The summed E-state index contributed by atoms with van der Waals surface area (Å²) in [6, 6.07) is 3.37. The summed E-state index contributed by atoms with van der Waals surface area (Å²) in [6.45, 7) is 5.40. The molecule has 0 saturated heterocycles. The highest BCUT2D eigenvalue weighted by molar-refractivity contribution is 7.15. The number of carbonyl (C=O) groups is 1. The quantitative estimate of drug-likeness (QED) is 0.634. The Hall–Kier alpha value is -2.69. The molecular formula is C16H16F3N5O2S. The summed E-state index contributed by atoms with van der Waals surface area (Å²) in [5.74, 6) is -1.58. The van der Waals surface area contributed by atoms with E-state index in [9.17, 15) is 18.0 Å². The number of nitrogens with zero attached hydrogens (tertiary/aromatic N) is 5. The smallest absolute Gasteiger partial charge is 0.339 e. The third kappa shape index (κ3) is 4.18. The van der Waals surface area contributed by atoms with Crippen molar-refractivity contribution in [1.82, 2.24) is 24.8 Å². The molecule has 3 rings (SSSR count). The monoisotopic (exact) mass is 399 g/mol. The van der Waals surface area contributed by atoms with Crippen molar-refractivity contribution in [3.63, 3.8) is 0 Å². The molecule has 3 aromatic rings. The lowest BCUT2D eigenvalue weighted by molar-refractivity contribution is -0.159.